The number of para-hydroxylation sites is 1. The Morgan fingerprint density at radius 3 is 2.06 bits per heavy atom. The standard InChI is InChI=1S/C29H26N2O4S/c1-34-25-17-16-21(18-26(25)35-2)28(32)31-23-14-9-15-24(19-23)36-27(20-10-5-3-6-11-20)29(33)30-22-12-7-4-8-13-22/h3-19,27H,1-2H3,(H,30,33)(H,31,32). The molecule has 4 rings (SSSR count). The van der Waals surface area contributed by atoms with Crippen molar-refractivity contribution in [3.63, 3.8) is 0 Å². The number of amides is 2. The topological polar surface area (TPSA) is 76.7 Å². The predicted molar refractivity (Wildman–Crippen MR) is 144 cm³/mol. The number of nitrogens with one attached hydrogen (secondary N) is 2. The Morgan fingerprint density at radius 2 is 1.36 bits per heavy atom. The molecular weight excluding hydrogens is 472 g/mol. The van der Waals surface area contributed by atoms with Gasteiger partial charge in [-0.2, -0.15) is 0 Å². The number of hydrogen-bond acceptors (Lipinski definition) is 5. The van der Waals surface area contributed by atoms with E-state index in [0.29, 0.717) is 22.7 Å². The second-order valence-corrected chi connectivity index (χ2v) is 8.99. The van der Waals surface area contributed by atoms with Crippen molar-refractivity contribution in [2.75, 3.05) is 24.9 Å². The zero-order valence-corrected chi connectivity index (χ0v) is 20.8. The fraction of sp³-hybridized carbons (Fsp3) is 0.103. The first-order valence-electron chi connectivity index (χ1n) is 11.3. The molecule has 0 aliphatic rings. The van der Waals surface area contributed by atoms with Crippen molar-refractivity contribution < 1.29 is 19.1 Å². The van der Waals surface area contributed by atoms with E-state index in [0.717, 1.165) is 16.1 Å². The molecule has 0 radical (unpaired) electrons. The summed E-state index contributed by atoms with van der Waals surface area (Å²) >= 11 is 1.42. The number of thioether (sulfide) groups is 1. The van der Waals surface area contributed by atoms with Crippen molar-refractivity contribution in [3.05, 3.63) is 114 Å². The monoisotopic (exact) mass is 498 g/mol. The Morgan fingerprint density at radius 1 is 0.694 bits per heavy atom. The fourth-order valence-corrected chi connectivity index (χ4v) is 4.68. The minimum absolute atomic E-state index is 0.128. The minimum Gasteiger partial charge on any atom is -0.493 e. The summed E-state index contributed by atoms with van der Waals surface area (Å²) < 4.78 is 10.5. The highest BCUT2D eigenvalue weighted by molar-refractivity contribution is 8.00. The molecule has 0 aromatic heterocycles. The molecule has 4 aromatic carbocycles. The third-order valence-corrected chi connectivity index (χ3v) is 6.62. The summed E-state index contributed by atoms with van der Waals surface area (Å²) in [6.07, 6.45) is 0. The Labute approximate surface area is 214 Å². The SMILES string of the molecule is COc1ccc(C(=O)Nc2cccc(SC(C(=O)Nc3ccccc3)c3ccccc3)c2)cc1OC. The Kier molecular flexibility index (Phi) is 8.26. The first-order valence-corrected chi connectivity index (χ1v) is 12.2. The summed E-state index contributed by atoms with van der Waals surface area (Å²) in [7, 11) is 3.07. The van der Waals surface area contributed by atoms with Gasteiger partial charge in [0.25, 0.3) is 5.91 Å². The molecule has 0 saturated carbocycles. The summed E-state index contributed by atoms with van der Waals surface area (Å²) in [6, 6.07) is 31.4. The molecule has 1 atom stereocenters. The summed E-state index contributed by atoms with van der Waals surface area (Å²) in [6.45, 7) is 0. The van der Waals surface area contributed by atoms with Gasteiger partial charge in [-0.15, -0.1) is 11.8 Å². The molecule has 4 aromatic rings. The lowest BCUT2D eigenvalue weighted by molar-refractivity contribution is -0.115. The quantitative estimate of drug-likeness (QED) is 0.260. The smallest absolute Gasteiger partial charge is 0.255 e. The number of anilines is 2. The van der Waals surface area contributed by atoms with Crippen LogP contribution in [0.4, 0.5) is 11.4 Å². The van der Waals surface area contributed by atoms with Crippen LogP contribution in [-0.4, -0.2) is 26.0 Å². The molecule has 0 saturated heterocycles. The zero-order valence-electron chi connectivity index (χ0n) is 19.9. The van der Waals surface area contributed by atoms with E-state index in [4.69, 9.17) is 9.47 Å². The zero-order chi connectivity index (χ0) is 25.3. The Balaban J connectivity index is 1.53. The number of carbonyl (C=O) groups is 2. The van der Waals surface area contributed by atoms with Crippen LogP contribution in [0, 0.1) is 0 Å². The highest BCUT2D eigenvalue weighted by Gasteiger charge is 2.22. The molecular formula is C29H26N2O4S. The average Bonchev–Trinajstić information content (AvgIpc) is 2.92. The van der Waals surface area contributed by atoms with Crippen LogP contribution in [0.3, 0.4) is 0 Å². The van der Waals surface area contributed by atoms with Gasteiger partial charge in [-0.05, 0) is 54.1 Å². The molecule has 0 aliphatic heterocycles. The highest BCUT2D eigenvalue weighted by Crippen LogP contribution is 2.37. The van der Waals surface area contributed by atoms with E-state index in [1.54, 1.807) is 25.3 Å². The molecule has 36 heavy (non-hydrogen) atoms. The van der Waals surface area contributed by atoms with E-state index in [-0.39, 0.29) is 11.8 Å². The van der Waals surface area contributed by atoms with Gasteiger partial charge in [-0.3, -0.25) is 9.59 Å². The van der Waals surface area contributed by atoms with Gasteiger partial charge in [0.15, 0.2) is 11.5 Å². The molecule has 182 valence electrons. The van der Waals surface area contributed by atoms with Crippen LogP contribution < -0.4 is 20.1 Å². The van der Waals surface area contributed by atoms with E-state index in [2.05, 4.69) is 10.6 Å². The van der Waals surface area contributed by atoms with Crippen LogP contribution in [0.2, 0.25) is 0 Å². The fourth-order valence-electron chi connectivity index (χ4n) is 3.59. The third-order valence-electron chi connectivity index (χ3n) is 5.37. The van der Waals surface area contributed by atoms with Gasteiger partial charge >= 0.3 is 0 Å². The van der Waals surface area contributed by atoms with E-state index in [1.807, 2.05) is 84.9 Å². The van der Waals surface area contributed by atoms with Gasteiger partial charge in [-0.1, -0.05) is 54.6 Å². The third kappa shape index (κ3) is 6.25. The number of ether oxygens (including phenoxy) is 2. The number of hydrogen-bond donors (Lipinski definition) is 2. The number of rotatable bonds is 9. The average molecular weight is 499 g/mol. The summed E-state index contributed by atoms with van der Waals surface area (Å²) in [5.74, 6) is 0.620. The molecule has 6 nitrogen and oxygen atoms in total. The van der Waals surface area contributed by atoms with E-state index < -0.39 is 5.25 Å². The lowest BCUT2D eigenvalue weighted by Gasteiger charge is -2.18. The van der Waals surface area contributed by atoms with Gasteiger partial charge in [0.1, 0.15) is 5.25 Å². The number of carbonyl (C=O) groups excluding carboxylic acids is 2. The van der Waals surface area contributed by atoms with Crippen LogP contribution >= 0.6 is 11.8 Å². The lowest BCUT2D eigenvalue weighted by atomic mass is 10.1. The summed E-state index contributed by atoms with van der Waals surface area (Å²) in [4.78, 5) is 27.0. The minimum atomic E-state index is -0.483. The van der Waals surface area contributed by atoms with E-state index >= 15 is 0 Å². The van der Waals surface area contributed by atoms with Gasteiger partial charge in [0.2, 0.25) is 5.91 Å². The maximum absolute atomic E-state index is 13.3. The normalized spacial score (nSPS) is 11.3. The van der Waals surface area contributed by atoms with Gasteiger partial charge in [0.05, 0.1) is 14.2 Å². The largest absolute Gasteiger partial charge is 0.493 e. The van der Waals surface area contributed by atoms with Crippen molar-refractivity contribution >= 4 is 35.0 Å². The predicted octanol–water partition coefficient (Wildman–Crippen LogP) is 6.43. The summed E-state index contributed by atoms with van der Waals surface area (Å²) in [5, 5.41) is 5.43. The van der Waals surface area contributed by atoms with Crippen LogP contribution in [0.5, 0.6) is 11.5 Å². The maximum atomic E-state index is 13.3. The molecule has 2 amide bonds. The molecule has 1 unspecified atom stereocenters. The van der Waals surface area contributed by atoms with E-state index in [9.17, 15) is 9.59 Å². The molecule has 0 bridgehead atoms. The van der Waals surface area contributed by atoms with E-state index in [1.165, 1.54) is 18.9 Å². The van der Waals surface area contributed by atoms with Gasteiger partial charge in [0, 0.05) is 21.8 Å². The molecule has 7 heteroatoms. The van der Waals surface area contributed by atoms with Gasteiger partial charge < -0.3 is 20.1 Å². The van der Waals surface area contributed by atoms with Crippen LogP contribution in [0.15, 0.2) is 108 Å². The molecule has 0 fully saturated rings. The summed E-state index contributed by atoms with van der Waals surface area (Å²) in [5.41, 5.74) is 2.68. The molecule has 0 spiro atoms. The van der Waals surface area contributed by atoms with Crippen molar-refractivity contribution in [1.29, 1.82) is 0 Å². The second kappa shape index (κ2) is 12.0. The Hall–Kier alpha value is -4.23. The maximum Gasteiger partial charge on any atom is 0.255 e. The van der Waals surface area contributed by atoms with Gasteiger partial charge in [-0.25, -0.2) is 0 Å². The lowest BCUT2D eigenvalue weighted by Crippen LogP contribution is -2.19. The molecule has 0 aliphatic carbocycles. The molecule has 2 N–H and O–H groups in total. The van der Waals surface area contributed by atoms with Crippen molar-refractivity contribution in [1.82, 2.24) is 0 Å². The first-order chi connectivity index (χ1) is 17.6. The van der Waals surface area contributed by atoms with Crippen molar-refractivity contribution in [2.45, 2.75) is 10.1 Å². The Bertz CT molecular complexity index is 1330. The highest BCUT2D eigenvalue weighted by atomic mass is 32.2. The van der Waals surface area contributed by atoms with Crippen LogP contribution in [0.25, 0.3) is 0 Å². The van der Waals surface area contributed by atoms with Crippen molar-refractivity contribution in [3.8, 4) is 11.5 Å². The number of methoxy groups -OCH3 is 2. The molecule has 0 heterocycles. The first kappa shape index (κ1) is 24.9. The van der Waals surface area contributed by atoms with Crippen LogP contribution in [-0.2, 0) is 4.79 Å². The van der Waals surface area contributed by atoms with Crippen LogP contribution in [0.1, 0.15) is 21.2 Å². The number of benzene rings is 4. The second-order valence-electron chi connectivity index (χ2n) is 7.82. The van der Waals surface area contributed by atoms with Crippen molar-refractivity contribution in [2.24, 2.45) is 0 Å².